The predicted molar refractivity (Wildman–Crippen MR) is 37.8 cm³/mol. The molecule has 0 saturated heterocycles. The van der Waals surface area contributed by atoms with Gasteiger partial charge >= 0.3 is 0 Å². The van der Waals surface area contributed by atoms with Gasteiger partial charge in [-0.05, 0) is 0 Å². The van der Waals surface area contributed by atoms with Crippen LogP contribution in [0.4, 0.5) is 0 Å². The van der Waals surface area contributed by atoms with E-state index in [9.17, 15) is 4.79 Å². The third-order valence-electron chi connectivity index (χ3n) is 0.593. The van der Waals surface area contributed by atoms with E-state index in [0.29, 0.717) is 0 Å². The molecular weight excluding hydrogens is 156 g/mol. The molecule has 0 rings (SSSR count). The number of thiol groups is 1. The minimum atomic E-state index is -0.319. The van der Waals surface area contributed by atoms with Crippen LogP contribution < -0.4 is 0 Å². The van der Waals surface area contributed by atoms with Crippen LogP contribution in [0, 0.1) is 0 Å². The smallest absolute Gasteiger partial charge is 0.211 e. The molecule has 10 heavy (non-hydrogen) atoms. The average Bonchev–Trinajstić information content (AvgIpc) is 1.87. The van der Waals surface area contributed by atoms with Gasteiger partial charge < -0.3 is 14.2 Å². The van der Waals surface area contributed by atoms with Gasteiger partial charge in [-0.1, -0.05) is 0 Å². The molecule has 0 aromatic carbocycles. The summed E-state index contributed by atoms with van der Waals surface area (Å²) >= 11 is 3.47. The van der Waals surface area contributed by atoms with Crippen LogP contribution in [0.1, 0.15) is 0 Å². The first kappa shape index (κ1) is 9.90. The van der Waals surface area contributed by atoms with Crippen molar-refractivity contribution in [2.45, 2.75) is 0 Å². The van der Waals surface area contributed by atoms with Crippen LogP contribution in [0.25, 0.3) is 0 Å². The summed E-state index contributed by atoms with van der Waals surface area (Å²) in [6.45, 7) is 0.188. The normalized spacial score (nSPS) is 9.80. The van der Waals surface area contributed by atoms with Gasteiger partial charge in [0.15, 0.2) is 0 Å². The molecular formula is C5H10O4S. The molecule has 0 N–H and O–H groups in total. The second-order valence-electron chi connectivity index (χ2n) is 1.47. The number of hydrogen-bond donors (Lipinski definition) is 1. The van der Waals surface area contributed by atoms with Crippen molar-refractivity contribution in [1.29, 1.82) is 0 Å². The van der Waals surface area contributed by atoms with Crippen LogP contribution in [0.5, 0.6) is 0 Å². The van der Waals surface area contributed by atoms with E-state index < -0.39 is 0 Å². The topological polar surface area (TPSA) is 44.8 Å². The van der Waals surface area contributed by atoms with Gasteiger partial charge in [-0.25, -0.2) is 0 Å². The Hall–Kier alpha value is -0.100. The van der Waals surface area contributed by atoms with Gasteiger partial charge in [0.1, 0.15) is 20.2 Å². The molecule has 0 fully saturated rings. The summed E-state index contributed by atoms with van der Waals surface area (Å²) in [5.74, 6) is 0. The Bertz CT molecular complexity index is 95.6. The molecule has 5 heteroatoms. The summed E-state index contributed by atoms with van der Waals surface area (Å²) in [6, 6.07) is 0. The van der Waals surface area contributed by atoms with Crippen molar-refractivity contribution in [3.63, 3.8) is 0 Å². The summed E-state index contributed by atoms with van der Waals surface area (Å²) < 4.78 is 13.9. The van der Waals surface area contributed by atoms with Gasteiger partial charge in [0, 0.05) is 7.11 Å². The highest BCUT2D eigenvalue weighted by Gasteiger charge is 1.92. The van der Waals surface area contributed by atoms with Crippen molar-refractivity contribution in [3.05, 3.63) is 0 Å². The Kier molecular flexibility index (Phi) is 6.94. The molecule has 0 unspecified atom stereocenters. The minimum Gasteiger partial charge on any atom is -0.359 e. The molecule has 0 atom stereocenters. The molecule has 0 amide bonds. The van der Waals surface area contributed by atoms with Crippen molar-refractivity contribution in [2.24, 2.45) is 0 Å². The SMILES string of the molecule is COCOCOCC(=O)S. The number of ether oxygens (including phenoxy) is 3. The highest BCUT2D eigenvalue weighted by molar-refractivity contribution is 7.96. The predicted octanol–water partition coefficient (Wildman–Crippen LogP) is 0.0374. The zero-order valence-corrected chi connectivity index (χ0v) is 6.60. The first-order valence-corrected chi connectivity index (χ1v) is 3.08. The van der Waals surface area contributed by atoms with Crippen molar-refractivity contribution < 1.29 is 19.0 Å². The summed E-state index contributed by atoms with van der Waals surface area (Å²) in [5, 5.41) is -0.319. The van der Waals surface area contributed by atoms with E-state index in [1.807, 2.05) is 0 Å². The van der Waals surface area contributed by atoms with Gasteiger partial charge in [-0.2, -0.15) is 0 Å². The molecule has 60 valence electrons. The molecule has 0 bridgehead atoms. The molecule has 0 aliphatic heterocycles. The second kappa shape index (κ2) is 7.01. The lowest BCUT2D eigenvalue weighted by molar-refractivity contribution is -0.134. The molecule has 4 nitrogen and oxygen atoms in total. The third-order valence-corrected chi connectivity index (χ3v) is 0.722. The average molecular weight is 166 g/mol. The molecule has 0 aromatic rings. The number of carbonyl (C=O) groups is 1. The highest BCUT2D eigenvalue weighted by atomic mass is 32.1. The van der Waals surface area contributed by atoms with Gasteiger partial charge in [-0.15, -0.1) is 12.6 Å². The number of carbonyl (C=O) groups excluding carboxylic acids is 1. The van der Waals surface area contributed by atoms with Crippen LogP contribution in [0.2, 0.25) is 0 Å². The minimum absolute atomic E-state index is 0.0349. The van der Waals surface area contributed by atoms with Gasteiger partial charge in [0.2, 0.25) is 5.12 Å². The van der Waals surface area contributed by atoms with E-state index in [4.69, 9.17) is 4.74 Å². The molecule has 0 aromatic heterocycles. The fraction of sp³-hybridized carbons (Fsp3) is 0.800. The maximum atomic E-state index is 10.1. The van der Waals surface area contributed by atoms with E-state index in [-0.39, 0.29) is 25.3 Å². The lowest BCUT2D eigenvalue weighted by atomic mass is 10.8. The third kappa shape index (κ3) is 7.90. The quantitative estimate of drug-likeness (QED) is 0.344. The first-order valence-electron chi connectivity index (χ1n) is 2.63. The number of hydrogen-bond acceptors (Lipinski definition) is 4. The maximum Gasteiger partial charge on any atom is 0.211 e. The monoisotopic (exact) mass is 166 g/mol. The van der Waals surface area contributed by atoms with Crippen molar-refractivity contribution in [2.75, 3.05) is 27.3 Å². The van der Waals surface area contributed by atoms with Crippen molar-refractivity contribution >= 4 is 17.7 Å². The van der Waals surface area contributed by atoms with Crippen LogP contribution in [-0.2, 0) is 19.0 Å². The molecule has 0 heterocycles. The Morgan fingerprint density at radius 1 is 1.40 bits per heavy atom. The summed E-state index contributed by atoms with van der Waals surface area (Å²) in [4.78, 5) is 10.1. The molecule has 0 saturated carbocycles. The first-order chi connectivity index (χ1) is 4.77. The lowest BCUT2D eigenvalue weighted by Gasteiger charge is -2.01. The molecule has 0 aliphatic rings. The second-order valence-corrected chi connectivity index (χ2v) is 1.97. The van der Waals surface area contributed by atoms with Gasteiger partial charge in [0.25, 0.3) is 0 Å². The Balaban J connectivity index is 2.84. The van der Waals surface area contributed by atoms with Crippen molar-refractivity contribution in [3.8, 4) is 0 Å². The van der Waals surface area contributed by atoms with E-state index >= 15 is 0 Å². The fourth-order valence-corrected chi connectivity index (χ4v) is 0.397. The number of methoxy groups -OCH3 is 1. The Morgan fingerprint density at radius 2 is 2.10 bits per heavy atom. The van der Waals surface area contributed by atoms with E-state index in [0.717, 1.165) is 0 Å². The summed E-state index contributed by atoms with van der Waals surface area (Å²) in [5.41, 5.74) is 0. The van der Waals surface area contributed by atoms with E-state index in [1.165, 1.54) is 7.11 Å². The lowest BCUT2D eigenvalue weighted by Crippen LogP contribution is -2.07. The summed E-state index contributed by atoms with van der Waals surface area (Å²) in [7, 11) is 1.50. The van der Waals surface area contributed by atoms with Crippen molar-refractivity contribution in [1.82, 2.24) is 0 Å². The zero-order valence-electron chi connectivity index (χ0n) is 5.70. The standard InChI is InChI=1S/C5H10O4S/c1-7-3-9-4-8-2-5(6)10/h2-4H2,1H3,(H,6,10). The Labute approximate surface area is 64.9 Å². The van der Waals surface area contributed by atoms with Gasteiger partial charge in [0.05, 0.1) is 0 Å². The van der Waals surface area contributed by atoms with Crippen LogP contribution in [0.15, 0.2) is 0 Å². The maximum absolute atomic E-state index is 10.1. The van der Waals surface area contributed by atoms with Crippen LogP contribution >= 0.6 is 12.6 Å². The van der Waals surface area contributed by atoms with E-state index in [1.54, 1.807) is 0 Å². The number of rotatable bonds is 6. The zero-order chi connectivity index (χ0) is 7.82. The summed E-state index contributed by atoms with van der Waals surface area (Å²) in [6.07, 6.45) is 0. The highest BCUT2D eigenvalue weighted by Crippen LogP contribution is 1.82. The largest absolute Gasteiger partial charge is 0.359 e. The molecule has 0 spiro atoms. The van der Waals surface area contributed by atoms with E-state index in [2.05, 4.69) is 22.1 Å². The van der Waals surface area contributed by atoms with Crippen LogP contribution in [0.3, 0.4) is 0 Å². The van der Waals surface area contributed by atoms with Crippen LogP contribution in [-0.4, -0.2) is 32.4 Å². The van der Waals surface area contributed by atoms with Gasteiger partial charge in [-0.3, -0.25) is 4.79 Å². The Morgan fingerprint density at radius 3 is 2.60 bits per heavy atom. The molecule has 0 aliphatic carbocycles. The molecule has 0 radical (unpaired) electrons. The fourth-order valence-electron chi connectivity index (χ4n) is 0.305.